The summed E-state index contributed by atoms with van der Waals surface area (Å²) >= 11 is -2.68. The molecular formula is C25H36N6O4Sn. The van der Waals surface area contributed by atoms with Gasteiger partial charge < -0.3 is 0 Å². The second kappa shape index (κ2) is 9.95. The van der Waals surface area contributed by atoms with Crippen LogP contribution in [0.3, 0.4) is 0 Å². The molecule has 10 nitrogen and oxygen atoms in total. The first-order valence-electron chi connectivity index (χ1n) is 12.1. The molecule has 194 valence electrons. The Morgan fingerprint density at radius 1 is 1.14 bits per heavy atom. The maximum atomic E-state index is 12.4. The molecule has 36 heavy (non-hydrogen) atoms. The number of nitrogens with one attached hydrogen (secondary N) is 1. The summed E-state index contributed by atoms with van der Waals surface area (Å²) in [6.45, 7) is 7.23. The van der Waals surface area contributed by atoms with E-state index in [-0.39, 0.29) is 12.1 Å². The van der Waals surface area contributed by atoms with Crippen LogP contribution in [0.1, 0.15) is 32.4 Å². The monoisotopic (exact) mass is 604 g/mol. The number of carbonyl (C=O) groups excluding carboxylic acids is 1. The van der Waals surface area contributed by atoms with Crippen molar-refractivity contribution in [1.29, 1.82) is 0 Å². The molecule has 0 spiro atoms. The molecule has 0 radical (unpaired) electrons. The fraction of sp³-hybridized carbons (Fsp3) is 0.520. The molecule has 0 atom stereocenters. The number of aromatic nitrogens is 4. The third kappa shape index (κ3) is 5.47. The van der Waals surface area contributed by atoms with E-state index in [0.29, 0.717) is 19.6 Å². The van der Waals surface area contributed by atoms with Crippen molar-refractivity contribution in [3.05, 3.63) is 30.1 Å². The van der Waals surface area contributed by atoms with Crippen molar-refractivity contribution < 1.29 is 19.0 Å². The van der Waals surface area contributed by atoms with Gasteiger partial charge in [0.15, 0.2) is 0 Å². The molecule has 11 heteroatoms. The Bertz CT molecular complexity index is 1260. The average Bonchev–Trinajstić information content (AvgIpc) is 3.16. The molecule has 3 heterocycles. The number of amides is 1. The Labute approximate surface area is 216 Å². The number of nitrogens with zero attached hydrogens (tertiary/aromatic N) is 5. The third-order valence-electron chi connectivity index (χ3n) is 6.00. The zero-order valence-corrected chi connectivity index (χ0v) is 25.2. The van der Waals surface area contributed by atoms with Gasteiger partial charge >= 0.3 is 217 Å². The normalized spacial score (nSPS) is 14.5. The van der Waals surface area contributed by atoms with Crippen LogP contribution in [-0.2, 0) is 11.3 Å². The summed E-state index contributed by atoms with van der Waals surface area (Å²) < 4.78 is 19.5. The number of methoxy groups -OCH3 is 2. The van der Waals surface area contributed by atoms with Gasteiger partial charge in [-0.15, -0.1) is 0 Å². The first-order valence-corrected chi connectivity index (χ1v) is 22.1. The van der Waals surface area contributed by atoms with Gasteiger partial charge in [-0.3, -0.25) is 0 Å². The molecule has 0 bridgehead atoms. The van der Waals surface area contributed by atoms with E-state index in [4.69, 9.17) is 19.3 Å². The van der Waals surface area contributed by atoms with E-state index in [2.05, 4.69) is 30.1 Å². The molecule has 0 aliphatic carbocycles. The molecule has 0 saturated carbocycles. The molecule has 3 aromatic rings. The summed E-state index contributed by atoms with van der Waals surface area (Å²) in [5.41, 5.74) is 1.27. The van der Waals surface area contributed by atoms with E-state index in [1.165, 1.54) is 0 Å². The Morgan fingerprint density at radius 2 is 1.86 bits per heavy atom. The number of fused-ring (bicyclic) bond motifs is 1. The van der Waals surface area contributed by atoms with Gasteiger partial charge in [-0.25, -0.2) is 0 Å². The van der Waals surface area contributed by atoms with Crippen LogP contribution in [0.25, 0.3) is 11.0 Å². The predicted molar refractivity (Wildman–Crippen MR) is 142 cm³/mol. The number of hydrogen-bond acceptors (Lipinski definition) is 8. The van der Waals surface area contributed by atoms with Crippen LogP contribution < -0.4 is 18.5 Å². The van der Waals surface area contributed by atoms with Crippen LogP contribution in [-0.4, -0.2) is 82.0 Å². The van der Waals surface area contributed by atoms with Crippen molar-refractivity contribution in [2.75, 3.05) is 32.6 Å². The van der Waals surface area contributed by atoms with E-state index in [1.54, 1.807) is 25.4 Å². The Morgan fingerprint density at radius 3 is 2.47 bits per heavy atom. The number of anilines is 1. The van der Waals surface area contributed by atoms with Gasteiger partial charge in [0, 0.05) is 0 Å². The quantitative estimate of drug-likeness (QED) is 0.407. The predicted octanol–water partition coefficient (Wildman–Crippen LogP) is 3.79. The van der Waals surface area contributed by atoms with Gasteiger partial charge in [0.05, 0.1) is 0 Å². The van der Waals surface area contributed by atoms with E-state index < -0.39 is 24.0 Å². The molecule has 4 rings (SSSR count). The average molecular weight is 603 g/mol. The van der Waals surface area contributed by atoms with Gasteiger partial charge in [0.1, 0.15) is 0 Å². The van der Waals surface area contributed by atoms with E-state index in [9.17, 15) is 4.79 Å². The number of ether oxygens (including phenoxy) is 3. The summed E-state index contributed by atoms with van der Waals surface area (Å²) in [4.78, 5) is 30.4. The minimum atomic E-state index is -2.68. The molecule has 0 unspecified atom stereocenters. The Balaban J connectivity index is 1.62. The molecule has 1 saturated heterocycles. The van der Waals surface area contributed by atoms with Gasteiger partial charge in [-0.1, -0.05) is 0 Å². The van der Waals surface area contributed by atoms with Crippen LogP contribution in [0.4, 0.5) is 10.6 Å². The zero-order chi connectivity index (χ0) is 26.3. The summed E-state index contributed by atoms with van der Waals surface area (Å²) in [5.74, 6) is 2.25. The fourth-order valence-corrected chi connectivity index (χ4v) is 8.11. The molecule has 1 fully saturated rings. The number of rotatable bonds is 7. The topological polar surface area (TPSA) is 104 Å². The van der Waals surface area contributed by atoms with Gasteiger partial charge in [-0.2, -0.15) is 0 Å². The van der Waals surface area contributed by atoms with E-state index in [1.807, 2.05) is 43.7 Å². The molecule has 1 aromatic carbocycles. The van der Waals surface area contributed by atoms with Crippen LogP contribution in [0.15, 0.2) is 24.5 Å². The second-order valence-corrected chi connectivity index (χ2v) is 25.2. The second-order valence-electron chi connectivity index (χ2n) is 11.0. The number of carbonyl (C=O) groups is 1. The van der Waals surface area contributed by atoms with Gasteiger partial charge in [-0.05, 0) is 0 Å². The van der Waals surface area contributed by atoms with Crippen molar-refractivity contribution in [2.45, 2.75) is 53.8 Å². The number of hydrogen-bond donors (Lipinski definition) is 1. The SMILES string of the molecule is COc1ccc(CNc2ncnc3c2[c]([Sn]([CH3])([CH3])[CH3])nn3C2CN(C(=O)OC(C)(C)C)C2)c(OC)c1. The summed E-state index contributed by atoms with van der Waals surface area (Å²) in [6.07, 6.45) is 1.27. The molecule has 1 amide bonds. The van der Waals surface area contributed by atoms with Crippen LogP contribution in [0.2, 0.25) is 14.8 Å². The summed E-state index contributed by atoms with van der Waals surface area (Å²) in [6, 6.07) is 5.81. The summed E-state index contributed by atoms with van der Waals surface area (Å²) in [5, 5.41) is 9.54. The molecular weight excluding hydrogens is 567 g/mol. The molecule has 1 aliphatic rings. The van der Waals surface area contributed by atoms with Crippen LogP contribution >= 0.6 is 0 Å². The minimum absolute atomic E-state index is 0.0480. The first kappa shape index (κ1) is 26.3. The van der Waals surface area contributed by atoms with Crippen molar-refractivity contribution in [3.63, 3.8) is 0 Å². The van der Waals surface area contributed by atoms with E-state index in [0.717, 1.165) is 37.6 Å². The zero-order valence-electron chi connectivity index (χ0n) is 22.4. The van der Waals surface area contributed by atoms with Gasteiger partial charge in [0.2, 0.25) is 0 Å². The molecule has 2 aromatic heterocycles. The third-order valence-corrected chi connectivity index (χ3v) is 11.1. The maximum absolute atomic E-state index is 12.4. The van der Waals surface area contributed by atoms with Crippen LogP contribution in [0.5, 0.6) is 11.5 Å². The van der Waals surface area contributed by atoms with Crippen molar-refractivity contribution in [2.24, 2.45) is 0 Å². The van der Waals surface area contributed by atoms with E-state index >= 15 is 0 Å². The Kier molecular flexibility index (Phi) is 7.27. The number of likely N-dealkylation sites (tertiary alicyclic amines) is 1. The summed E-state index contributed by atoms with van der Waals surface area (Å²) in [7, 11) is 3.28. The first-order chi connectivity index (χ1) is 16.9. The fourth-order valence-electron chi connectivity index (χ4n) is 4.15. The molecule has 1 N–H and O–H groups in total. The van der Waals surface area contributed by atoms with Crippen LogP contribution in [0, 0.1) is 0 Å². The standard InChI is InChI=1S/C22H27N6O4.3CH3.Sn/c1-22(2,3)32-21(29)27-11-15(12-27)28-20-17(10-26-28)19(24-13-25-20)23-9-14-6-7-16(30-4)8-18(14)31-5;;;;/h6-8,13,15H,9,11-12H2,1-5H3,(H,23,24,25);3*1H3;. The van der Waals surface area contributed by atoms with Crippen molar-refractivity contribution >= 4 is 45.0 Å². The Hall–Kier alpha value is -2.76. The number of benzene rings is 1. The molecule has 1 aliphatic heterocycles. The van der Waals surface area contributed by atoms with Gasteiger partial charge in [0.25, 0.3) is 0 Å². The van der Waals surface area contributed by atoms with Crippen molar-refractivity contribution in [3.8, 4) is 11.5 Å². The van der Waals surface area contributed by atoms with Crippen molar-refractivity contribution in [1.82, 2.24) is 24.6 Å².